The number of imide groups is 1. The molecule has 0 saturated heterocycles. The van der Waals surface area contributed by atoms with Crippen LogP contribution in [-0.2, 0) is 4.79 Å². The third-order valence-electron chi connectivity index (χ3n) is 4.00. The summed E-state index contributed by atoms with van der Waals surface area (Å²) < 4.78 is 0. The van der Waals surface area contributed by atoms with E-state index in [-0.39, 0.29) is 36.7 Å². The van der Waals surface area contributed by atoms with Crippen molar-refractivity contribution in [3.63, 3.8) is 0 Å². The summed E-state index contributed by atoms with van der Waals surface area (Å²) in [4.78, 5) is 41.7. The fourth-order valence-electron chi connectivity index (χ4n) is 2.68. The fourth-order valence-corrected chi connectivity index (χ4v) is 2.68. The smallest absolute Gasteiger partial charge is 0.261 e. The minimum Gasteiger partial charge on any atom is -0.349 e. The zero-order valence-corrected chi connectivity index (χ0v) is 13.2. The van der Waals surface area contributed by atoms with E-state index >= 15 is 0 Å². The number of carbonyl (C=O) groups excluding carboxylic acids is 3. The van der Waals surface area contributed by atoms with Gasteiger partial charge in [0.15, 0.2) is 0 Å². The largest absolute Gasteiger partial charge is 0.349 e. The molecule has 0 spiro atoms. The highest BCUT2D eigenvalue weighted by molar-refractivity contribution is 6.21. The van der Waals surface area contributed by atoms with Gasteiger partial charge in [-0.05, 0) is 30.7 Å². The molecule has 6 heteroatoms. The van der Waals surface area contributed by atoms with Crippen LogP contribution in [-0.4, -0.2) is 34.2 Å². The summed E-state index contributed by atoms with van der Waals surface area (Å²) >= 11 is 0. The second-order valence-electron chi connectivity index (χ2n) is 5.63. The number of amides is 3. The van der Waals surface area contributed by atoms with Crippen LogP contribution in [0, 0.1) is 0 Å². The van der Waals surface area contributed by atoms with Gasteiger partial charge in [0.05, 0.1) is 17.2 Å². The molecule has 1 N–H and O–H groups in total. The number of nitrogens with one attached hydrogen (secondary N) is 1. The molecule has 1 aliphatic heterocycles. The van der Waals surface area contributed by atoms with E-state index in [2.05, 4.69) is 10.3 Å². The Kier molecular flexibility index (Phi) is 4.37. The van der Waals surface area contributed by atoms with E-state index in [9.17, 15) is 14.4 Å². The Morgan fingerprint density at radius 1 is 1.12 bits per heavy atom. The first-order valence-electron chi connectivity index (χ1n) is 7.72. The zero-order chi connectivity index (χ0) is 17.1. The summed E-state index contributed by atoms with van der Waals surface area (Å²) in [5.74, 6) is -0.907. The predicted octanol–water partition coefficient (Wildman–Crippen LogP) is 1.95. The lowest BCUT2D eigenvalue weighted by atomic mass is 10.1. The first-order chi connectivity index (χ1) is 11.6. The number of aromatic nitrogens is 1. The van der Waals surface area contributed by atoms with Crippen LogP contribution >= 0.6 is 0 Å². The van der Waals surface area contributed by atoms with Crippen molar-refractivity contribution in [2.45, 2.75) is 19.4 Å². The lowest BCUT2D eigenvalue weighted by molar-refractivity contribution is -0.121. The fraction of sp³-hybridized carbons (Fsp3) is 0.222. The quantitative estimate of drug-likeness (QED) is 0.853. The molecule has 122 valence electrons. The summed E-state index contributed by atoms with van der Waals surface area (Å²) in [6, 6.07) is 10.2. The van der Waals surface area contributed by atoms with Crippen LogP contribution in [0.4, 0.5) is 0 Å². The zero-order valence-electron chi connectivity index (χ0n) is 13.2. The Labute approximate surface area is 139 Å². The van der Waals surface area contributed by atoms with Gasteiger partial charge in [0, 0.05) is 25.4 Å². The topological polar surface area (TPSA) is 79.4 Å². The Morgan fingerprint density at radius 2 is 1.79 bits per heavy atom. The minimum atomic E-state index is -0.344. The van der Waals surface area contributed by atoms with Crippen molar-refractivity contribution in [1.82, 2.24) is 15.2 Å². The standard InChI is InChI=1S/C18H17N3O3/c1-12(13-5-4-9-19-11-13)20-16(22)8-10-21-17(23)14-6-2-3-7-15(14)18(21)24/h2-7,9,11-12H,8,10H2,1H3,(H,20,22)/t12-/m0/s1. The molecule has 0 radical (unpaired) electrons. The molecule has 1 aromatic heterocycles. The number of benzene rings is 1. The number of carbonyl (C=O) groups is 3. The van der Waals surface area contributed by atoms with Gasteiger partial charge in [-0.15, -0.1) is 0 Å². The van der Waals surface area contributed by atoms with Gasteiger partial charge in [0.1, 0.15) is 0 Å². The van der Waals surface area contributed by atoms with Crippen molar-refractivity contribution in [3.05, 3.63) is 65.5 Å². The van der Waals surface area contributed by atoms with Crippen LogP contribution in [0.2, 0.25) is 0 Å². The monoisotopic (exact) mass is 323 g/mol. The second-order valence-corrected chi connectivity index (χ2v) is 5.63. The predicted molar refractivity (Wildman–Crippen MR) is 87.2 cm³/mol. The van der Waals surface area contributed by atoms with Crippen molar-refractivity contribution in [2.75, 3.05) is 6.54 Å². The van der Waals surface area contributed by atoms with E-state index in [1.54, 1.807) is 42.7 Å². The van der Waals surface area contributed by atoms with E-state index in [0.717, 1.165) is 10.5 Å². The van der Waals surface area contributed by atoms with Crippen LogP contribution in [0.3, 0.4) is 0 Å². The van der Waals surface area contributed by atoms with E-state index < -0.39 is 0 Å². The Morgan fingerprint density at radius 3 is 2.38 bits per heavy atom. The lowest BCUT2D eigenvalue weighted by Crippen LogP contribution is -2.35. The molecule has 0 unspecified atom stereocenters. The maximum Gasteiger partial charge on any atom is 0.261 e. The van der Waals surface area contributed by atoms with Crippen LogP contribution < -0.4 is 5.32 Å². The first kappa shape index (κ1) is 15.9. The van der Waals surface area contributed by atoms with Gasteiger partial charge >= 0.3 is 0 Å². The summed E-state index contributed by atoms with van der Waals surface area (Å²) in [5, 5.41) is 2.84. The highest BCUT2D eigenvalue weighted by Crippen LogP contribution is 2.22. The summed E-state index contributed by atoms with van der Waals surface area (Å²) in [7, 11) is 0. The Bertz CT molecular complexity index is 754. The lowest BCUT2D eigenvalue weighted by Gasteiger charge is -2.16. The van der Waals surface area contributed by atoms with Gasteiger partial charge in [-0.3, -0.25) is 24.3 Å². The number of rotatable bonds is 5. The van der Waals surface area contributed by atoms with Gasteiger partial charge in [-0.25, -0.2) is 0 Å². The summed E-state index contributed by atoms with van der Waals surface area (Å²) in [5.41, 5.74) is 1.69. The average molecular weight is 323 g/mol. The molecule has 0 aliphatic carbocycles. The SMILES string of the molecule is C[C@H](NC(=O)CCN1C(=O)c2ccccc2C1=O)c1cccnc1. The van der Waals surface area contributed by atoms with E-state index in [0.29, 0.717) is 11.1 Å². The maximum absolute atomic E-state index is 12.2. The molecular weight excluding hydrogens is 306 g/mol. The normalized spacial score (nSPS) is 14.5. The van der Waals surface area contributed by atoms with Crippen molar-refractivity contribution in [1.29, 1.82) is 0 Å². The molecule has 0 bridgehead atoms. The highest BCUT2D eigenvalue weighted by atomic mass is 16.2. The third kappa shape index (κ3) is 3.03. The number of fused-ring (bicyclic) bond motifs is 1. The van der Waals surface area contributed by atoms with Gasteiger partial charge in [0.25, 0.3) is 11.8 Å². The van der Waals surface area contributed by atoms with Gasteiger partial charge in [-0.2, -0.15) is 0 Å². The van der Waals surface area contributed by atoms with E-state index in [1.165, 1.54) is 0 Å². The molecule has 3 amide bonds. The van der Waals surface area contributed by atoms with Gasteiger partial charge < -0.3 is 5.32 Å². The van der Waals surface area contributed by atoms with Crippen LogP contribution in [0.15, 0.2) is 48.8 Å². The van der Waals surface area contributed by atoms with Crippen LogP contribution in [0.5, 0.6) is 0 Å². The molecule has 0 fully saturated rings. The van der Waals surface area contributed by atoms with Crippen LogP contribution in [0.25, 0.3) is 0 Å². The molecular formula is C18H17N3O3. The molecule has 6 nitrogen and oxygen atoms in total. The molecule has 2 aromatic rings. The molecule has 3 rings (SSSR count). The van der Waals surface area contributed by atoms with E-state index in [1.807, 2.05) is 13.0 Å². The summed E-state index contributed by atoms with van der Waals surface area (Å²) in [6.07, 6.45) is 3.42. The summed E-state index contributed by atoms with van der Waals surface area (Å²) in [6.45, 7) is 1.93. The van der Waals surface area contributed by atoms with Crippen molar-refractivity contribution < 1.29 is 14.4 Å². The molecule has 24 heavy (non-hydrogen) atoms. The van der Waals surface area contributed by atoms with Gasteiger partial charge in [0.2, 0.25) is 5.91 Å². The average Bonchev–Trinajstić information content (AvgIpc) is 2.85. The number of hydrogen-bond donors (Lipinski definition) is 1. The molecule has 1 aromatic carbocycles. The van der Waals surface area contributed by atoms with Crippen molar-refractivity contribution in [3.8, 4) is 0 Å². The van der Waals surface area contributed by atoms with Crippen LogP contribution in [0.1, 0.15) is 45.7 Å². The Hall–Kier alpha value is -3.02. The molecule has 2 heterocycles. The molecule has 1 atom stereocenters. The van der Waals surface area contributed by atoms with Gasteiger partial charge in [-0.1, -0.05) is 18.2 Å². The number of pyridine rings is 1. The van der Waals surface area contributed by atoms with E-state index in [4.69, 9.17) is 0 Å². The minimum absolute atomic E-state index is 0.0655. The molecule has 0 saturated carbocycles. The third-order valence-corrected chi connectivity index (χ3v) is 4.00. The van der Waals surface area contributed by atoms with Crippen molar-refractivity contribution >= 4 is 17.7 Å². The maximum atomic E-state index is 12.2. The van der Waals surface area contributed by atoms with Crippen molar-refractivity contribution in [2.24, 2.45) is 0 Å². The number of hydrogen-bond acceptors (Lipinski definition) is 4. The highest BCUT2D eigenvalue weighted by Gasteiger charge is 2.34. The Balaban J connectivity index is 1.58. The number of nitrogens with zero attached hydrogens (tertiary/aromatic N) is 2. The second kappa shape index (κ2) is 6.62. The first-order valence-corrected chi connectivity index (χ1v) is 7.72. The molecule has 1 aliphatic rings.